The average Bonchev–Trinajstić information content (AvgIpc) is 2.31. The van der Waals surface area contributed by atoms with Crippen LogP contribution in [0.3, 0.4) is 0 Å². The summed E-state index contributed by atoms with van der Waals surface area (Å²) in [5.74, 6) is -0.712. The smallest absolute Gasteiger partial charge is 0.294 e. The monoisotopic (exact) mass is 276 g/mol. The lowest BCUT2D eigenvalue weighted by Crippen LogP contribution is -2.28. The third-order valence-electron chi connectivity index (χ3n) is 2.42. The number of aliphatic hydroxyl groups excluding tert-OH is 1. The maximum atomic E-state index is 13.4. The van der Waals surface area contributed by atoms with Gasteiger partial charge in [-0.3, -0.25) is 10.1 Å². The first kappa shape index (κ1) is 14.7. The number of rotatable bonds is 6. The van der Waals surface area contributed by atoms with Crippen LogP contribution in [0.15, 0.2) is 12.1 Å². The first-order valence-corrected chi connectivity index (χ1v) is 5.88. The predicted octanol–water partition coefficient (Wildman–Crippen LogP) is 2.60. The van der Waals surface area contributed by atoms with E-state index in [0.29, 0.717) is 6.54 Å². The van der Waals surface area contributed by atoms with Crippen LogP contribution in [0.4, 0.5) is 15.8 Å². The molecule has 7 heteroatoms. The molecule has 0 saturated heterocycles. The minimum absolute atomic E-state index is 0.137. The van der Waals surface area contributed by atoms with Gasteiger partial charge >= 0.3 is 0 Å². The molecule has 0 atom stereocenters. The number of nitro benzene ring substituents is 1. The highest BCUT2D eigenvalue weighted by Gasteiger charge is 2.21. The maximum Gasteiger partial charge on any atom is 0.294 e. The van der Waals surface area contributed by atoms with Gasteiger partial charge in [0.2, 0.25) is 0 Å². The summed E-state index contributed by atoms with van der Waals surface area (Å²) in [6.45, 7) is 2.42. The third kappa shape index (κ3) is 3.30. The van der Waals surface area contributed by atoms with E-state index in [-0.39, 0.29) is 29.5 Å². The van der Waals surface area contributed by atoms with Crippen LogP contribution in [0.1, 0.15) is 13.3 Å². The molecule has 18 heavy (non-hydrogen) atoms. The van der Waals surface area contributed by atoms with Gasteiger partial charge in [0.05, 0.1) is 16.6 Å². The van der Waals surface area contributed by atoms with Crippen molar-refractivity contribution in [1.29, 1.82) is 0 Å². The highest BCUT2D eigenvalue weighted by Crippen LogP contribution is 2.33. The highest BCUT2D eigenvalue weighted by atomic mass is 35.5. The molecule has 0 fully saturated rings. The van der Waals surface area contributed by atoms with Crippen molar-refractivity contribution in [3.8, 4) is 0 Å². The summed E-state index contributed by atoms with van der Waals surface area (Å²) in [6, 6.07) is 2.03. The first-order valence-electron chi connectivity index (χ1n) is 5.50. The van der Waals surface area contributed by atoms with Crippen LogP contribution in [0, 0.1) is 15.9 Å². The highest BCUT2D eigenvalue weighted by molar-refractivity contribution is 6.31. The molecule has 0 radical (unpaired) electrons. The van der Waals surface area contributed by atoms with E-state index in [1.54, 1.807) is 4.90 Å². The zero-order valence-corrected chi connectivity index (χ0v) is 10.7. The van der Waals surface area contributed by atoms with Gasteiger partial charge in [0, 0.05) is 25.2 Å². The van der Waals surface area contributed by atoms with E-state index in [4.69, 9.17) is 16.7 Å². The summed E-state index contributed by atoms with van der Waals surface area (Å²) < 4.78 is 13.4. The molecule has 1 N–H and O–H groups in total. The molecule has 0 aliphatic rings. The molecule has 0 unspecified atom stereocenters. The van der Waals surface area contributed by atoms with Crippen molar-refractivity contribution >= 4 is 23.0 Å². The van der Waals surface area contributed by atoms with Gasteiger partial charge in [0.15, 0.2) is 0 Å². The number of halogens is 2. The largest absolute Gasteiger partial charge is 0.395 e. The summed E-state index contributed by atoms with van der Waals surface area (Å²) in [4.78, 5) is 11.9. The number of nitro groups is 1. The summed E-state index contributed by atoms with van der Waals surface area (Å²) >= 11 is 5.54. The van der Waals surface area contributed by atoms with E-state index in [1.807, 2.05) is 6.92 Å². The Bertz CT molecular complexity index is 437. The van der Waals surface area contributed by atoms with E-state index in [0.717, 1.165) is 18.6 Å². The van der Waals surface area contributed by atoms with Crippen molar-refractivity contribution < 1.29 is 14.4 Å². The zero-order chi connectivity index (χ0) is 13.7. The molecule has 1 aromatic carbocycles. The Labute approximate surface area is 109 Å². The van der Waals surface area contributed by atoms with Crippen LogP contribution in [-0.4, -0.2) is 29.7 Å². The molecule has 0 spiro atoms. The molecular weight excluding hydrogens is 263 g/mol. The lowest BCUT2D eigenvalue weighted by atomic mass is 10.2. The van der Waals surface area contributed by atoms with E-state index < -0.39 is 10.7 Å². The first-order chi connectivity index (χ1) is 8.51. The molecule has 0 amide bonds. The Balaban J connectivity index is 3.25. The van der Waals surface area contributed by atoms with Crippen LogP contribution in [-0.2, 0) is 0 Å². The Kier molecular flexibility index (Phi) is 5.30. The topological polar surface area (TPSA) is 66.6 Å². The van der Waals surface area contributed by atoms with Gasteiger partial charge in [0.1, 0.15) is 11.5 Å². The zero-order valence-electron chi connectivity index (χ0n) is 9.90. The predicted molar refractivity (Wildman–Crippen MR) is 67.7 cm³/mol. The number of hydrogen-bond acceptors (Lipinski definition) is 4. The standard InChI is InChI=1S/C11H14ClFN2O3/c1-2-3-14(4-5-16)10-7-9(13)8(12)6-11(10)15(17)18/h6-7,16H,2-5H2,1H3. The second-order valence-corrected chi connectivity index (χ2v) is 4.13. The Morgan fingerprint density at radius 1 is 1.50 bits per heavy atom. The molecule has 0 aliphatic carbocycles. The number of anilines is 1. The van der Waals surface area contributed by atoms with Gasteiger partial charge < -0.3 is 10.0 Å². The van der Waals surface area contributed by atoms with Crippen molar-refractivity contribution in [2.45, 2.75) is 13.3 Å². The Morgan fingerprint density at radius 3 is 2.67 bits per heavy atom. The molecule has 0 saturated carbocycles. The fraction of sp³-hybridized carbons (Fsp3) is 0.455. The summed E-state index contributed by atoms with van der Waals surface area (Å²) in [5, 5.41) is 19.6. The molecular formula is C11H14ClFN2O3. The van der Waals surface area contributed by atoms with Crippen molar-refractivity contribution in [2.75, 3.05) is 24.6 Å². The molecule has 0 aromatic heterocycles. The van der Waals surface area contributed by atoms with E-state index in [2.05, 4.69) is 0 Å². The van der Waals surface area contributed by atoms with E-state index in [1.165, 1.54) is 0 Å². The molecule has 1 aromatic rings. The summed E-state index contributed by atoms with van der Waals surface area (Å²) in [5.41, 5.74) is -0.124. The summed E-state index contributed by atoms with van der Waals surface area (Å²) in [6.07, 6.45) is 0.724. The van der Waals surface area contributed by atoms with Crippen molar-refractivity contribution in [1.82, 2.24) is 0 Å². The second kappa shape index (κ2) is 6.51. The number of aliphatic hydroxyl groups is 1. The number of hydrogen-bond donors (Lipinski definition) is 1. The third-order valence-corrected chi connectivity index (χ3v) is 2.71. The van der Waals surface area contributed by atoms with Gasteiger partial charge in [-0.05, 0) is 6.42 Å². The second-order valence-electron chi connectivity index (χ2n) is 3.72. The maximum absolute atomic E-state index is 13.4. The van der Waals surface area contributed by atoms with Crippen molar-refractivity contribution in [3.05, 3.63) is 33.1 Å². The SMILES string of the molecule is CCCN(CCO)c1cc(F)c(Cl)cc1[N+](=O)[O-]. The van der Waals surface area contributed by atoms with Crippen LogP contribution in [0.5, 0.6) is 0 Å². The summed E-state index contributed by atoms with van der Waals surface area (Å²) in [7, 11) is 0. The molecule has 100 valence electrons. The van der Waals surface area contributed by atoms with Crippen LogP contribution >= 0.6 is 11.6 Å². The van der Waals surface area contributed by atoms with E-state index >= 15 is 0 Å². The van der Waals surface area contributed by atoms with Crippen molar-refractivity contribution in [3.63, 3.8) is 0 Å². The number of benzene rings is 1. The molecule has 5 nitrogen and oxygen atoms in total. The van der Waals surface area contributed by atoms with Gasteiger partial charge in [-0.2, -0.15) is 0 Å². The Morgan fingerprint density at radius 2 is 2.17 bits per heavy atom. The minimum Gasteiger partial charge on any atom is -0.395 e. The quantitative estimate of drug-likeness (QED) is 0.641. The van der Waals surface area contributed by atoms with Gasteiger partial charge in [0.25, 0.3) is 5.69 Å². The molecule has 0 aliphatic heterocycles. The number of nitrogens with zero attached hydrogens (tertiary/aromatic N) is 2. The fourth-order valence-electron chi connectivity index (χ4n) is 1.67. The minimum atomic E-state index is -0.712. The van der Waals surface area contributed by atoms with E-state index in [9.17, 15) is 14.5 Å². The average molecular weight is 277 g/mol. The van der Waals surface area contributed by atoms with Crippen LogP contribution < -0.4 is 4.90 Å². The Hall–Kier alpha value is -1.40. The van der Waals surface area contributed by atoms with Gasteiger partial charge in [-0.1, -0.05) is 18.5 Å². The lowest BCUT2D eigenvalue weighted by molar-refractivity contribution is -0.384. The van der Waals surface area contributed by atoms with Crippen LogP contribution in [0.2, 0.25) is 5.02 Å². The fourth-order valence-corrected chi connectivity index (χ4v) is 1.83. The van der Waals surface area contributed by atoms with Gasteiger partial charge in [-0.25, -0.2) is 4.39 Å². The molecule has 0 heterocycles. The van der Waals surface area contributed by atoms with Crippen LogP contribution in [0.25, 0.3) is 0 Å². The molecule has 1 rings (SSSR count). The normalized spacial score (nSPS) is 10.4. The van der Waals surface area contributed by atoms with Gasteiger partial charge in [-0.15, -0.1) is 0 Å². The van der Waals surface area contributed by atoms with Crippen molar-refractivity contribution in [2.24, 2.45) is 0 Å². The molecule has 0 bridgehead atoms. The lowest BCUT2D eigenvalue weighted by Gasteiger charge is -2.23.